The van der Waals surface area contributed by atoms with Gasteiger partial charge in [-0.3, -0.25) is 9.59 Å². The first-order valence-electron chi connectivity index (χ1n) is 9.09. The SMILES string of the molecule is COc1ccc(CNC(=O)c2nsc(C(=O)NCc3cccc(OC)c3)c2N)cc1. The van der Waals surface area contributed by atoms with Crippen molar-refractivity contribution in [3.8, 4) is 11.5 Å². The number of nitrogen functional groups attached to an aromatic ring is 1. The van der Waals surface area contributed by atoms with Crippen molar-refractivity contribution < 1.29 is 19.1 Å². The van der Waals surface area contributed by atoms with Crippen molar-refractivity contribution in [1.82, 2.24) is 15.0 Å². The second kappa shape index (κ2) is 9.75. The minimum absolute atomic E-state index is 0.0417. The molecule has 0 fully saturated rings. The van der Waals surface area contributed by atoms with Gasteiger partial charge in [0.25, 0.3) is 11.8 Å². The topological polar surface area (TPSA) is 116 Å². The second-order valence-corrected chi connectivity index (χ2v) is 7.11. The van der Waals surface area contributed by atoms with Crippen LogP contribution in [-0.4, -0.2) is 30.4 Å². The first kappa shape index (κ1) is 21.1. The Morgan fingerprint density at radius 3 is 2.30 bits per heavy atom. The van der Waals surface area contributed by atoms with Gasteiger partial charge in [0, 0.05) is 13.1 Å². The zero-order valence-electron chi connectivity index (χ0n) is 16.6. The maximum atomic E-state index is 12.5. The van der Waals surface area contributed by atoms with Gasteiger partial charge in [0.15, 0.2) is 5.69 Å². The van der Waals surface area contributed by atoms with Gasteiger partial charge in [-0.1, -0.05) is 24.3 Å². The van der Waals surface area contributed by atoms with E-state index >= 15 is 0 Å². The lowest BCUT2D eigenvalue weighted by Crippen LogP contribution is -2.25. The number of hydrogen-bond donors (Lipinski definition) is 3. The number of aromatic nitrogens is 1. The number of carbonyl (C=O) groups is 2. The van der Waals surface area contributed by atoms with Crippen molar-refractivity contribution in [3.63, 3.8) is 0 Å². The molecule has 0 aliphatic rings. The highest BCUT2D eigenvalue weighted by Gasteiger charge is 2.22. The molecule has 4 N–H and O–H groups in total. The zero-order valence-corrected chi connectivity index (χ0v) is 17.4. The maximum Gasteiger partial charge on any atom is 0.273 e. The van der Waals surface area contributed by atoms with Gasteiger partial charge in [-0.2, -0.15) is 4.37 Å². The number of nitrogens with zero attached hydrogens (tertiary/aromatic N) is 1. The summed E-state index contributed by atoms with van der Waals surface area (Å²) in [6.45, 7) is 0.601. The molecular formula is C21H22N4O4S. The highest BCUT2D eigenvalue weighted by Crippen LogP contribution is 2.22. The molecule has 0 unspecified atom stereocenters. The molecular weight excluding hydrogens is 404 g/mol. The quantitative estimate of drug-likeness (QED) is 0.510. The van der Waals surface area contributed by atoms with Gasteiger partial charge in [-0.25, -0.2) is 0 Å². The summed E-state index contributed by atoms with van der Waals surface area (Å²) in [6.07, 6.45) is 0. The predicted molar refractivity (Wildman–Crippen MR) is 115 cm³/mol. The number of carbonyl (C=O) groups excluding carboxylic acids is 2. The number of benzene rings is 2. The van der Waals surface area contributed by atoms with Crippen LogP contribution in [-0.2, 0) is 13.1 Å². The van der Waals surface area contributed by atoms with E-state index in [-0.39, 0.29) is 22.2 Å². The number of ether oxygens (including phenoxy) is 2. The van der Waals surface area contributed by atoms with Crippen LogP contribution in [0.15, 0.2) is 48.5 Å². The molecule has 0 radical (unpaired) electrons. The summed E-state index contributed by atoms with van der Waals surface area (Å²) in [6, 6.07) is 14.7. The largest absolute Gasteiger partial charge is 0.497 e. The minimum Gasteiger partial charge on any atom is -0.497 e. The lowest BCUT2D eigenvalue weighted by molar-refractivity contribution is 0.0946. The van der Waals surface area contributed by atoms with Crippen LogP contribution in [0.4, 0.5) is 5.69 Å². The number of rotatable bonds is 8. The van der Waals surface area contributed by atoms with Crippen LogP contribution in [0.2, 0.25) is 0 Å². The lowest BCUT2D eigenvalue weighted by Gasteiger charge is -2.07. The molecule has 3 rings (SSSR count). The van der Waals surface area contributed by atoms with E-state index in [1.165, 1.54) is 0 Å². The van der Waals surface area contributed by atoms with Crippen LogP contribution in [0.1, 0.15) is 31.3 Å². The van der Waals surface area contributed by atoms with Gasteiger partial charge >= 0.3 is 0 Å². The van der Waals surface area contributed by atoms with Crippen LogP contribution in [0.25, 0.3) is 0 Å². The van der Waals surface area contributed by atoms with Crippen molar-refractivity contribution in [2.24, 2.45) is 0 Å². The Kier molecular flexibility index (Phi) is 6.87. The van der Waals surface area contributed by atoms with E-state index in [4.69, 9.17) is 15.2 Å². The normalized spacial score (nSPS) is 10.3. The van der Waals surface area contributed by atoms with Crippen LogP contribution >= 0.6 is 11.5 Å². The van der Waals surface area contributed by atoms with E-state index in [1.54, 1.807) is 14.2 Å². The molecule has 0 bridgehead atoms. The van der Waals surface area contributed by atoms with Crippen LogP contribution in [0.3, 0.4) is 0 Å². The van der Waals surface area contributed by atoms with Crippen LogP contribution in [0.5, 0.6) is 11.5 Å². The number of hydrogen-bond acceptors (Lipinski definition) is 7. The fourth-order valence-corrected chi connectivity index (χ4v) is 3.39. The van der Waals surface area contributed by atoms with E-state index in [0.29, 0.717) is 18.8 Å². The molecule has 0 saturated heterocycles. The summed E-state index contributed by atoms with van der Waals surface area (Å²) in [5.74, 6) is 0.613. The summed E-state index contributed by atoms with van der Waals surface area (Å²) in [5.41, 5.74) is 7.90. The van der Waals surface area contributed by atoms with Crippen molar-refractivity contribution in [1.29, 1.82) is 0 Å². The second-order valence-electron chi connectivity index (χ2n) is 6.34. The van der Waals surface area contributed by atoms with E-state index in [1.807, 2.05) is 48.5 Å². The molecule has 30 heavy (non-hydrogen) atoms. The molecule has 0 spiro atoms. The Morgan fingerprint density at radius 1 is 0.933 bits per heavy atom. The van der Waals surface area contributed by atoms with Crippen molar-refractivity contribution in [3.05, 3.63) is 70.2 Å². The van der Waals surface area contributed by atoms with Crippen molar-refractivity contribution in [2.75, 3.05) is 20.0 Å². The average molecular weight is 426 g/mol. The number of nitrogens with one attached hydrogen (secondary N) is 2. The molecule has 9 heteroatoms. The predicted octanol–water partition coefficient (Wildman–Crippen LogP) is 2.60. The lowest BCUT2D eigenvalue weighted by atomic mass is 10.2. The molecule has 2 aromatic carbocycles. The summed E-state index contributed by atoms with van der Waals surface area (Å²) < 4.78 is 14.3. The summed E-state index contributed by atoms with van der Waals surface area (Å²) in [4.78, 5) is 25.1. The van der Waals surface area contributed by atoms with Crippen LogP contribution < -0.4 is 25.8 Å². The summed E-state index contributed by atoms with van der Waals surface area (Å²) >= 11 is 0.893. The van der Waals surface area contributed by atoms with Crippen molar-refractivity contribution >= 4 is 29.0 Å². The van der Waals surface area contributed by atoms with Gasteiger partial charge in [0.2, 0.25) is 0 Å². The third-order valence-electron chi connectivity index (χ3n) is 4.35. The molecule has 2 amide bonds. The first-order chi connectivity index (χ1) is 14.5. The Labute approximate surface area is 178 Å². The Hall–Kier alpha value is -3.59. The van der Waals surface area contributed by atoms with E-state index in [2.05, 4.69) is 15.0 Å². The fraction of sp³-hybridized carbons (Fsp3) is 0.190. The maximum absolute atomic E-state index is 12.5. The van der Waals surface area contributed by atoms with E-state index in [0.717, 1.165) is 28.4 Å². The number of methoxy groups -OCH3 is 2. The molecule has 0 aliphatic carbocycles. The van der Waals surface area contributed by atoms with E-state index < -0.39 is 5.91 Å². The standard InChI is InChI=1S/C21H22N4O4S/c1-28-15-8-6-13(7-9-15)11-23-20(26)18-17(22)19(30-25-18)21(27)24-12-14-4-3-5-16(10-14)29-2/h3-10H,11-12,22H2,1-2H3,(H,23,26)(H,24,27). The van der Waals surface area contributed by atoms with Gasteiger partial charge < -0.3 is 25.8 Å². The summed E-state index contributed by atoms with van der Waals surface area (Å²) in [5, 5.41) is 5.54. The molecule has 1 aromatic heterocycles. The molecule has 156 valence electrons. The fourth-order valence-electron chi connectivity index (χ4n) is 2.68. The Morgan fingerprint density at radius 2 is 1.60 bits per heavy atom. The van der Waals surface area contributed by atoms with Gasteiger partial charge in [-0.05, 0) is 46.9 Å². The third kappa shape index (κ3) is 5.06. The molecule has 0 saturated carbocycles. The number of anilines is 1. The molecule has 0 atom stereocenters. The monoisotopic (exact) mass is 426 g/mol. The summed E-state index contributed by atoms with van der Waals surface area (Å²) in [7, 11) is 3.17. The molecule has 3 aromatic rings. The van der Waals surface area contributed by atoms with Gasteiger partial charge in [0.1, 0.15) is 16.4 Å². The zero-order chi connectivity index (χ0) is 21.5. The molecule has 8 nitrogen and oxygen atoms in total. The number of nitrogens with two attached hydrogens (primary N) is 1. The highest BCUT2D eigenvalue weighted by atomic mass is 32.1. The minimum atomic E-state index is -0.439. The van der Waals surface area contributed by atoms with Crippen molar-refractivity contribution in [2.45, 2.75) is 13.1 Å². The van der Waals surface area contributed by atoms with Gasteiger partial charge in [0.05, 0.1) is 19.9 Å². The molecule has 0 aliphatic heterocycles. The Bertz CT molecular complexity index is 1030. The highest BCUT2D eigenvalue weighted by molar-refractivity contribution is 7.09. The van der Waals surface area contributed by atoms with Gasteiger partial charge in [-0.15, -0.1) is 0 Å². The Balaban J connectivity index is 1.59. The first-order valence-corrected chi connectivity index (χ1v) is 9.86. The third-order valence-corrected chi connectivity index (χ3v) is 5.21. The van der Waals surface area contributed by atoms with E-state index in [9.17, 15) is 9.59 Å². The average Bonchev–Trinajstić information content (AvgIpc) is 3.17. The van der Waals surface area contributed by atoms with Crippen LogP contribution in [0, 0.1) is 0 Å². The number of amides is 2. The molecule has 1 heterocycles. The smallest absolute Gasteiger partial charge is 0.273 e.